The lowest BCUT2D eigenvalue weighted by molar-refractivity contribution is -0.137. The molecule has 1 aromatic carbocycles. The molecule has 0 fully saturated rings. The molecular formula is C18H27F3NO3PS. The van der Waals surface area contributed by atoms with E-state index in [1.54, 1.807) is 6.92 Å². The minimum atomic E-state index is -4.35. The Morgan fingerprint density at radius 3 is 2.04 bits per heavy atom. The SMILES string of the molecule is CCCCOP(=O)(N=C(C)SCc1ccc(C(F)(F)F)cc1)OCCCC. The van der Waals surface area contributed by atoms with Gasteiger partial charge in [-0.25, -0.2) is 4.57 Å². The van der Waals surface area contributed by atoms with Crippen LogP contribution in [0.3, 0.4) is 0 Å². The topological polar surface area (TPSA) is 47.9 Å². The van der Waals surface area contributed by atoms with Gasteiger partial charge in [0, 0.05) is 5.75 Å². The predicted molar refractivity (Wildman–Crippen MR) is 105 cm³/mol. The maximum absolute atomic E-state index is 12.8. The van der Waals surface area contributed by atoms with Gasteiger partial charge in [-0.1, -0.05) is 38.8 Å². The molecule has 0 bridgehead atoms. The fourth-order valence-electron chi connectivity index (χ4n) is 1.92. The number of unbranched alkanes of at least 4 members (excludes halogenated alkanes) is 2. The van der Waals surface area contributed by atoms with Gasteiger partial charge in [-0.15, -0.1) is 11.8 Å². The van der Waals surface area contributed by atoms with Crippen LogP contribution in [0.1, 0.15) is 57.6 Å². The molecule has 1 rings (SSSR count). The first-order chi connectivity index (χ1) is 12.7. The van der Waals surface area contributed by atoms with Crippen LogP contribution in [0.2, 0.25) is 0 Å². The second kappa shape index (κ2) is 11.9. The molecule has 0 N–H and O–H groups in total. The molecular weight excluding hydrogens is 398 g/mol. The predicted octanol–water partition coefficient (Wildman–Crippen LogP) is 7.10. The third kappa shape index (κ3) is 9.79. The molecule has 0 saturated carbocycles. The van der Waals surface area contributed by atoms with Crippen molar-refractivity contribution < 1.29 is 26.8 Å². The highest BCUT2D eigenvalue weighted by Crippen LogP contribution is 2.51. The maximum atomic E-state index is 12.8. The summed E-state index contributed by atoms with van der Waals surface area (Å²) >= 11 is 1.28. The first-order valence-electron chi connectivity index (χ1n) is 8.95. The number of nitrogens with zero attached hydrogens (tertiary/aromatic N) is 1. The molecule has 0 amide bonds. The van der Waals surface area contributed by atoms with E-state index in [0.29, 0.717) is 24.0 Å². The lowest BCUT2D eigenvalue weighted by Crippen LogP contribution is -2.04. The quantitative estimate of drug-likeness (QED) is 0.164. The summed E-state index contributed by atoms with van der Waals surface area (Å²) in [5.74, 6) is 0.414. The van der Waals surface area contributed by atoms with Gasteiger partial charge in [0.15, 0.2) is 0 Å². The Labute approximate surface area is 163 Å². The lowest BCUT2D eigenvalue weighted by Gasteiger charge is -2.15. The average molecular weight is 425 g/mol. The van der Waals surface area contributed by atoms with Gasteiger partial charge < -0.3 is 0 Å². The highest BCUT2D eigenvalue weighted by molar-refractivity contribution is 8.13. The molecule has 0 aliphatic carbocycles. The summed E-state index contributed by atoms with van der Waals surface area (Å²) in [7, 11) is -3.57. The van der Waals surface area contributed by atoms with Crippen molar-refractivity contribution in [3.05, 3.63) is 35.4 Å². The van der Waals surface area contributed by atoms with Crippen LogP contribution >= 0.6 is 19.5 Å². The van der Waals surface area contributed by atoms with Gasteiger partial charge in [0.1, 0.15) is 0 Å². The largest absolute Gasteiger partial charge is 0.454 e. The molecule has 1 aromatic rings. The molecule has 0 saturated heterocycles. The standard InChI is InChI=1S/C18H27F3NO3PS/c1-4-6-12-24-26(23,25-13-7-5-2)22-15(3)27-14-16-8-10-17(11-9-16)18(19,20)21/h8-11H,4-7,12-14H2,1-3H3. The van der Waals surface area contributed by atoms with Crippen molar-refractivity contribution >= 4 is 24.6 Å². The van der Waals surface area contributed by atoms with Gasteiger partial charge in [-0.2, -0.15) is 17.9 Å². The number of alkyl halides is 3. The monoisotopic (exact) mass is 425 g/mol. The minimum absolute atomic E-state index is 0.306. The third-order valence-corrected chi connectivity index (χ3v) is 6.18. The van der Waals surface area contributed by atoms with Crippen molar-refractivity contribution in [2.75, 3.05) is 13.2 Å². The second-order valence-electron chi connectivity index (χ2n) is 5.94. The highest BCUT2D eigenvalue weighted by atomic mass is 32.2. The van der Waals surface area contributed by atoms with E-state index in [4.69, 9.17) is 9.05 Å². The number of halogens is 3. The van der Waals surface area contributed by atoms with Crippen molar-refractivity contribution in [1.29, 1.82) is 0 Å². The molecule has 9 heteroatoms. The highest BCUT2D eigenvalue weighted by Gasteiger charge is 2.30. The van der Waals surface area contributed by atoms with Crippen LogP contribution in [-0.4, -0.2) is 18.3 Å². The third-order valence-electron chi connectivity index (χ3n) is 3.50. The van der Waals surface area contributed by atoms with Crippen molar-refractivity contribution in [2.45, 2.75) is 58.4 Å². The summed E-state index contributed by atoms with van der Waals surface area (Å²) in [4.78, 5) is 0. The number of hydrogen-bond acceptors (Lipinski definition) is 4. The number of hydrogen-bond donors (Lipinski definition) is 0. The Bertz CT molecular complexity index is 622. The molecule has 0 aliphatic rings. The molecule has 0 unspecified atom stereocenters. The van der Waals surface area contributed by atoms with Crippen LogP contribution in [0.5, 0.6) is 0 Å². The van der Waals surface area contributed by atoms with Crippen molar-refractivity contribution in [3.8, 4) is 0 Å². The first kappa shape index (κ1) is 24.2. The van der Waals surface area contributed by atoms with Crippen molar-refractivity contribution in [2.24, 2.45) is 4.76 Å². The van der Waals surface area contributed by atoms with Gasteiger partial charge in [0.25, 0.3) is 0 Å². The van der Waals surface area contributed by atoms with E-state index < -0.39 is 19.5 Å². The zero-order valence-corrected chi connectivity index (χ0v) is 17.6. The number of thioether (sulfide) groups is 1. The molecule has 0 aliphatic heterocycles. The van der Waals surface area contributed by atoms with Gasteiger partial charge in [-0.3, -0.25) is 9.05 Å². The smallest absolute Gasteiger partial charge is 0.291 e. The summed E-state index contributed by atoms with van der Waals surface area (Å²) in [5.41, 5.74) is 0.0379. The summed E-state index contributed by atoms with van der Waals surface area (Å²) < 4.78 is 65.5. The van der Waals surface area contributed by atoms with E-state index in [9.17, 15) is 17.7 Å². The maximum Gasteiger partial charge on any atom is 0.454 e. The number of rotatable bonds is 11. The van der Waals surface area contributed by atoms with E-state index in [1.165, 1.54) is 23.9 Å². The summed E-state index contributed by atoms with van der Waals surface area (Å²) in [6, 6.07) is 4.96. The van der Waals surface area contributed by atoms with Crippen LogP contribution < -0.4 is 0 Å². The molecule has 0 aromatic heterocycles. The van der Waals surface area contributed by atoms with Crippen LogP contribution in [0.4, 0.5) is 13.2 Å². The van der Waals surface area contributed by atoms with E-state index in [2.05, 4.69) is 4.76 Å². The Kier molecular flexibility index (Phi) is 10.7. The molecule has 0 heterocycles. The average Bonchev–Trinajstić information content (AvgIpc) is 2.60. The fraction of sp³-hybridized carbons (Fsp3) is 0.611. The van der Waals surface area contributed by atoms with Crippen molar-refractivity contribution in [3.63, 3.8) is 0 Å². The molecule has 4 nitrogen and oxygen atoms in total. The summed E-state index contributed by atoms with van der Waals surface area (Å²) in [6.07, 6.45) is -1.02. The summed E-state index contributed by atoms with van der Waals surface area (Å²) in [5, 5.41) is 0.506. The van der Waals surface area contributed by atoms with Crippen molar-refractivity contribution in [1.82, 2.24) is 0 Å². The van der Waals surface area contributed by atoms with Gasteiger partial charge in [0.05, 0.1) is 23.8 Å². The van der Waals surface area contributed by atoms with E-state index in [0.717, 1.165) is 43.4 Å². The van der Waals surface area contributed by atoms with E-state index >= 15 is 0 Å². The molecule has 0 atom stereocenters. The first-order valence-corrected chi connectivity index (χ1v) is 11.4. The van der Waals surface area contributed by atoms with E-state index in [-0.39, 0.29) is 0 Å². The van der Waals surface area contributed by atoms with Crippen LogP contribution in [0.15, 0.2) is 29.0 Å². The van der Waals surface area contributed by atoms with Crippen LogP contribution in [0.25, 0.3) is 0 Å². The molecule has 27 heavy (non-hydrogen) atoms. The van der Waals surface area contributed by atoms with Gasteiger partial charge >= 0.3 is 13.9 Å². The molecule has 0 spiro atoms. The lowest BCUT2D eigenvalue weighted by atomic mass is 10.1. The zero-order valence-electron chi connectivity index (χ0n) is 15.9. The molecule has 0 radical (unpaired) electrons. The Hall–Kier alpha value is -0.820. The van der Waals surface area contributed by atoms with Crippen LogP contribution in [-0.2, 0) is 25.5 Å². The second-order valence-corrected chi connectivity index (χ2v) is 8.77. The van der Waals surface area contributed by atoms with Gasteiger partial charge in [0.2, 0.25) is 0 Å². The normalized spacial score (nSPS) is 13.2. The van der Waals surface area contributed by atoms with Gasteiger partial charge in [-0.05, 0) is 37.5 Å². The number of benzene rings is 1. The van der Waals surface area contributed by atoms with Crippen LogP contribution in [0, 0.1) is 0 Å². The van der Waals surface area contributed by atoms with E-state index in [1.807, 2.05) is 13.8 Å². The minimum Gasteiger partial charge on any atom is -0.291 e. The fourth-order valence-corrected chi connectivity index (χ4v) is 4.28. The Morgan fingerprint density at radius 2 is 1.59 bits per heavy atom. The zero-order chi connectivity index (χ0) is 20.3. The Morgan fingerprint density at radius 1 is 1.07 bits per heavy atom. The molecule has 154 valence electrons. The summed E-state index contributed by atoms with van der Waals surface area (Å²) in [6.45, 7) is 6.30. The Balaban J connectivity index is 2.69.